The average Bonchev–Trinajstić information content (AvgIpc) is 3.55. The number of thiazole rings is 1. The van der Waals surface area contributed by atoms with Crippen molar-refractivity contribution in [2.45, 2.75) is 0 Å². The van der Waals surface area contributed by atoms with Crippen molar-refractivity contribution in [1.29, 1.82) is 0 Å². The van der Waals surface area contributed by atoms with E-state index in [-0.39, 0.29) is 17.1 Å². The molecular formula is C31H18N2O2S. The van der Waals surface area contributed by atoms with Gasteiger partial charge in [-0.25, -0.2) is 4.98 Å². The molecule has 0 atom stereocenters. The van der Waals surface area contributed by atoms with Crippen molar-refractivity contribution in [3.63, 3.8) is 0 Å². The maximum Gasteiger partial charge on any atom is 0.197 e. The third-order valence-corrected chi connectivity index (χ3v) is 7.62. The van der Waals surface area contributed by atoms with E-state index in [2.05, 4.69) is 0 Å². The Labute approximate surface area is 210 Å². The van der Waals surface area contributed by atoms with E-state index in [9.17, 15) is 9.59 Å². The number of fused-ring (bicyclic) bond motifs is 3. The van der Waals surface area contributed by atoms with E-state index in [1.54, 1.807) is 17.4 Å². The number of ketones is 2. The van der Waals surface area contributed by atoms with Crippen LogP contribution >= 0.6 is 11.3 Å². The average molecular weight is 483 g/mol. The summed E-state index contributed by atoms with van der Waals surface area (Å²) in [5.74, 6) is -0.467. The zero-order valence-corrected chi connectivity index (χ0v) is 19.8. The lowest BCUT2D eigenvalue weighted by Crippen LogP contribution is -2.03. The lowest BCUT2D eigenvalue weighted by molar-refractivity contribution is 0.0990. The van der Waals surface area contributed by atoms with Gasteiger partial charge in [-0.15, -0.1) is 11.3 Å². The molecule has 1 aliphatic rings. The predicted octanol–water partition coefficient (Wildman–Crippen LogP) is 7.37. The monoisotopic (exact) mass is 482 g/mol. The van der Waals surface area contributed by atoms with E-state index in [4.69, 9.17) is 4.98 Å². The Hall–Kier alpha value is -4.61. The lowest BCUT2D eigenvalue weighted by atomic mass is 10.0. The molecule has 0 unspecified atom stereocenters. The molecule has 0 spiro atoms. The van der Waals surface area contributed by atoms with Gasteiger partial charge in [-0.1, -0.05) is 72.8 Å². The van der Waals surface area contributed by atoms with Crippen molar-refractivity contribution in [3.8, 4) is 16.3 Å². The number of carbonyl (C=O) groups is 2. The van der Waals surface area contributed by atoms with Crippen LogP contribution in [0.25, 0.3) is 43.5 Å². The number of aromatic nitrogens is 2. The molecule has 0 amide bonds. The first-order valence-electron chi connectivity index (χ1n) is 11.6. The largest absolute Gasteiger partial charge is 0.294 e. The third-order valence-electron chi connectivity index (χ3n) is 6.58. The zero-order valence-electron chi connectivity index (χ0n) is 19.0. The van der Waals surface area contributed by atoms with Crippen molar-refractivity contribution >= 4 is 50.1 Å². The van der Waals surface area contributed by atoms with Crippen molar-refractivity contribution < 1.29 is 9.59 Å². The Morgan fingerprint density at radius 3 is 1.92 bits per heavy atom. The van der Waals surface area contributed by atoms with Crippen LogP contribution in [-0.4, -0.2) is 21.1 Å². The van der Waals surface area contributed by atoms with Crippen LogP contribution in [0.1, 0.15) is 26.4 Å². The molecule has 0 fully saturated rings. The molecule has 0 saturated carbocycles. The van der Waals surface area contributed by atoms with Gasteiger partial charge in [-0.05, 0) is 47.2 Å². The number of allylic oxidation sites excluding steroid dienone is 1. The molecule has 170 valence electrons. The summed E-state index contributed by atoms with van der Waals surface area (Å²) < 4.78 is 3.01. The topological polar surface area (TPSA) is 52.0 Å². The van der Waals surface area contributed by atoms with Crippen LogP contribution in [0.5, 0.6) is 0 Å². The third kappa shape index (κ3) is 3.17. The summed E-state index contributed by atoms with van der Waals surface area (Å²) in [5, 5.41) is 2.82. The van der Waals surface area contributed by atoms with Gasteiger partial charge < -0.3 is 0 Å². The summed E-state index contributed by atoms with van der Waals surface area (Å²) in [5.41, 5.74) is 4.66. The molecule has 1 aliphatic carbocycles. The summed E-state index contributed by atoms with van der Waals surface area (Å²) in [6.07, 6.45) is 1.72. The minimum atomic E-state index is -0.233. The Morgan fingerprint density at radius 1 is 0.694 bits per heavy atom. The standard InChI is InChI=1S/C31H18N2O2S/c34-28-24-15-20-11-7-8-12-21(20)16-25(24)29(35)26(28)17-23-18-27-30(33(23)22-13-5-2-6-14-22)32-31(36-27)19-9-3-1-4-10-19/h1-18H. The van der Waals surface area contributed by atoms with Gasteiger partial charge in [-0.3, -0.25) is 14.2 Å². The Bertz CT molecular complexity index is 1800. The van der Waals surface area contributed by atoms with E-state index in [1.165, 1.54) is 0 Å². The van der Waals surface area contributed by atoms with E-state index in [0.717, 1.165) is 43.1 Å². The maximum atomic E-state index is 13.4. The molecule has 7 rings (SSSR count). The van der Waals surface area contributed by atoms with Crippen molar-refractivity contribution in [1.82, 2.24) is 9.55 Å². The number of benzene rings is 4. The van der Waals surface area contributed by atoms with Crippen LogP contribution in [-0.2, 0) is 0 Å². The highest BCUT2D eigenvalue weighted by Crippen LogP contribution is 2.36. The highest BCUT2D eigenvalue weighted by atomic mass is 32.1. The second kappa shape index (κ2) is 7.97. The number of para-hydroxylation sites is 1. The smallest absolute Gasteiger partial charge is 0.197 e. The van der Waals surface area contributed by atoms with Gasteiger partial charge in [0.25, 0.3) is 0 Å². The van der Waals surface area contributed by atoms with Crippen LogP contribution < -0.4 is 0 Å². The SMILES string of the molecule is O=C1C(=Cc2cc3sc(-c4ccccc4)nc3n2-c2ccccc2)C(=O)c2cc3ccccc3cc21. The summed E-state index contributed by atoms with van der Waals surface area (Å²) >= 11 is 1.60. The van der Waals surface area contributed by atoms with Crippen LogP contribution in [0.2, 0.25) is 0 Å². The zero-order chi connectivity index (χ0) is 24.2. The molecule has 6 aromatic rings. The van der Waals surface area contributed by atoms with Crippen LogP contribution in [0.3, 0.4) is 0 Å². The molecule has 0 bridgehead atoms. The number of rotatable bonds is 3. The summed E-state index contributed by atoms with van der Waals surface area (Å²) in [4.78, 5) is 31.7. The molecule has 4 aromatic carbocycles. The first-order valence-corrected chi connectivity index (χ1v) is 12.5. The van der Waals surface area contributed by atoms with E-state index in [0.29, 0.717) is 11.1 Å². The fourth-order valence-corrected chi connectivity index (χ4v) is 5.85. The number of hydrogen-bond acceptors (Lipinski definition) is 4. The molecule has 2 heterocycles. The van der Waals surface area contributed by atoms with E-state index < -0.39 is 0 Å². The normalized spacial score (nSPS) is 13.1. The molecule has 0 N–H and O–H groups in total. The number of carbonyl (C=O) groups excluding carboxylic acids is 2. The van der Waals surface area contributed by atoms with E-state index >= 15 is 0 Å². The Balaban J connectivity index is 1.40. The molecule has 0 saturated heterocycles. The molecule has 0 radical (unpaired) electrons. The lowest BCUT2D eigenvalue weighted by Gasteiger charge is -2.07. The first kappa shape index (κ1) is 20.7. The fourth-order valence-electron chi connectivity index (χ4n) is 4.85. The fraction of sp³-hybridized carbons (Fsp3) is 0. The quantitative estimate of drug-likeness (QED) is 0.195. The van der Waals surface area contributed by atoms with Gasteiger partial charge in [0.15, 0.2) is 17.2 Å². The Kier molecular flexibility index (Phi) is 4.59. The van der Waals surface area contributed by atoms with Gasteiger partial charge >= 0.3 is 0 Å². The minimum absolute atomic E-state index is 0.186. The van der Waals surface area contributed by atoms with Gasteiger partial charge in [-0.2, -0.15) is 0 Å². The molecule has 2 aromatic heterocycles. The number of hydrogen-bond donors (Lipinski definition) is 0. The summed E-state index contributed by atoms with van der Waals surface area (Å²) in [7, 11) is 0. The molecule has 0 aliphatic heterocycles. The highest BCUT2D eigenvalue weighted by Gasteiger charge is 2.34. The molecule has 4 nitrogen and oxygen atoms in total. The highest BCUT2D eigenvalue weighted by molar-refractivity contribution is 7.21. The van der Waals surface area contributed by atoms with Crippen LogP contribution in [0.4, 0.5) is 0 Å². The van der Waals surface area contributed by atoms with Crippen molar-refractivity contribution in [3.05, 3.63) is 126 Å². The molecular weight excluding hydrogens is 464 g/mol. The van der Waals surface area contributed by atoms with Gasteiger partial charge in [0, 0.05) is 22.4 Å². The predicted molar refractivity (Wildman–Crippen MR) is 145 cm³/mol. The van der Waals surface area contributed by atoms with Crippen LogP contribution in [0, 0.1) is 0 Å². The summed E-state index contributed by atoms with van der Waals surface area (Å²) in [6, 6.07) is 33.4. The van der Waals surface area contributed by atoms with Gasteiger partial charge in [0.05, 0.1) is 16.0 Å². The molecule has 36 heavy (non-hydrogen) atoms. The second-order valence-corrected chi connectivity index (χ2v) is 9.80. The van der Waals surface area contributed by atoms with Crippen molar-refractivity contribution in [2.24, 2.45) is 0 Å². The van der Waals surface area contributed by atoms with Crippen molar-refractivity contribution in [2.75, 3.05) is 0 Å². The maximum absolute atomic E-state index is 13.4. The summed E-state index contributed by atoms with van der Waals surface area (Å²) in [6.45, 7) is 0. The minimum Gasteiger partial charge on any atom is -0.294 e. The van der Waals surface area contributed by atoms with Gasteiger partial charge in [0.1, 0.15) is 5.01 Å². The van der Waals surface area contributed by atoms with E-state index in [1.807, 2.05) is 108 Å². The second-order valence-electron chi connectivity index (χ2n) is 8.77. The van der Waals surface area contributed by atoms with Gasteiger partial charge in [0.2, 0.25) is 0 Å². The Morgan fingerprint density at radius 2 is 1.28 bits per heavy atom. The number of Topliss-reactive ketones (excluding diaryl/α,β-unsaturated/α-hetero) is 2. The number of nitrogens with zero attached hydrogens (tertiary/aromatic N) is 2. The first-order chi connectivity index (χ1) is 17.7. The molecule has 5 heteroatoms. The van der Waals surface area contributed by atoms with Crippen LogP contribution in [0.15, 0.2) is 109 Å².